The van der Waals surface area contributed by atoms with Gasteiger partial charge in [-0.05, 0) is 26.3 Å². The fourth-order valence-electron chi connectivity index (χ4n) is 2.17. The van der Waals surface area contributed by atoms with Crippen LogP contribution in [0, 0.1) is 6.92 Å². The standard InChI is InChI=1S/C17H23N3O2S/c1-4-6-10-22-15(21)12-23-17-19-18-16(20(17)5-2)14-9-7-8-13(3)11-14/h7-9,11H,4-6,10,12H2,1-3H3. The molecule has 0 N–H and O–H groups in total. The molecule has 5 nitrogen and oxygen atoms in total. The summed E-state index contributed by atoms with van der Waals surface area (Å²) < 4.78 is 7.19. The molecule has 0 fully saturated rings. The summed E-state index contributed by atoms with van der Waals surface area (Å²) in [7, 11) is 0. The average Bonchev–Trinajstić information content (AvgIpc) is 2.96. The molecule has 0 aliphatic heterocycles. The Bertz CT molecular complexity index is 655. The van der Waals surface area contributed by atoms with Crippen molar-refractivity contribution in [1.82, 2.24) is 14.8 Å². The number of aromatic nitrogens is 3. The van der Waals surface area contributed by atoms with Crippen LogP contribution in [0.2, 0.25) is 0 Å². The van der Waals surface area contributed by atoms with Crippen LogP contribution in [0.4, 0.5) is 0 Å². The van der Waals surface area contributed by atoms with Crippen LogP contribution in [-0.2, 0) is 16.1 Å². The van der Waals surface area contributed by atoms with E-state index in [9.17, 15) is 4.79 Å². The summed E-state index contributed by atoms with van der Waals surface area (Å²) in [5.74, 6) is 0.889. The summed E-state index contributed by atoms with van der Waals surface area (Å²) in [4.78, 5) is 11.7. The molecule has 23 heavy (non-hydrogen) atoms. The van der Waals surface area contributed by atoms with Crippen LogP contribution in [-0.4, -0.2) is 33.1 Å². The topological polar surface area (TPSA) is 57.0 Å². The third kappa shape index (κ3) is 4.82. The van der Waals surface area contributed by atoms with E-state index in [0.717, 1.165) is 35.9 Å². The van der Waals surface area contributed by atoms with E-state index in [1.165, 1.54) is 17.3 Å². The first-order chi connectivity index (χ1) is 11.2. The molecular formula is C17H23N3O2S. The molecule has 0 amide bonds. The Hall–Kier alpha value is -1.82. The van der Waals surface area contributed by atoms with E-state index in [1.807, 2.05) is 23.6 Å². The van der Waals surface area contributed by atoms with Gasteiger partial charge < -0.3 is 9.30 Å². The van der Waals surface area contributed by atoms with Crippen LogP contribution in [0.3, 0.4) is 0 Å². The Kier molecular flexibility index (Phi) is 6.65. The van der Waals surface area contributed by atoms with Gasteiger partial charge in [0.1, 0.15) is 0 Å². The molecule has 0 saturated carbocycles. The lowest BCUT2D eigenvalue weighted by atomic mass is 10.1. The number of nitrogens with zero attached hydrogens (tertiary/aromatic N) is 3. The third-order valence-electron chi connectivity index (χ3n) is 3.39. The molecule has 0 aliphatic rings. The number of ether oxygens (including phenoxy) is 1. The molecule has 6 heteroatoms. The Morgan fingerprint density at radius 1 is 1.30 bits per heavy atom. The lowest BCUT2D eigenvalue weighted by Gasteiger charge is -2.08. The molecule has 0 unspecified atom stereocenters. The van der Waals surface area contributed by atoms with E-state index >= 15 is 0 Å². The largest absolute Gasteiger partial charge is 0.465 e. The van der Waals surface area contributed by atoms with Crippen LogP contribution in [0.5, 0.6) is 0 Å². The number of hydrogen-bond donors (Lipinski definition) is 0. The smallest absolute Gasteiger partial charge is 0.316 e. The molecule has 0 spiro atoms. The highest BCUT2D eigenvalue weighted by molar-refractivity contribution is 7.99. The predicted octanol–water partition coefficient (Wildman–Crippen LogP) is 3.71. The van der Waals surface area contributed by atoms with Gasteiger partial charge in [0.15, 0.2) is 11.0 Å². The van der Waals surface area contributed by atoms with Gasteiger partial charge in [-0.1, -0.05) is 48.9 Å². The highest BCUT2D eigenvalue weighted by Gasteiger charge is 2.15. The molecule has 0 aliphatic carbocycles. The zero-order valence-electron chi connectivity index (χ0n) is 13.9. The fraction of sp³-hybridized carbons (Fsp3) is 0.471. The number of aryl methyl sites for hydroxylation is 1. The number of hydrogen-bond acceptors (Lipinski definition) is 5. The number of benzene rings is 1. The first-order valence-electron chi connectivity index (χ1n) is 7.94. The summed E-state index contributed by atoms with van der Waals surface area (Å²) in [5, 5.41) is 9.27. The van der Waals surface area contributed by atoms with E-state index in [2.05, 4.69) is 36.2 Å². The zero-order chi connectivity index (χ0) is 16.7. The van der Waals surface area contributed by atoms with Gasteiger partial charge in [0.05, 0.1) is 12.4 Å². The summed E-state index contributed by atoms with van der Waals surface area (Å²) in [6, 6.07) is 8.18. The molecule has 0 radical (unpaired) electrons. The van der Waals surface area contributed by atoms with Crippen molar-refractivity contribution in [3.05, 3.63) is 29.8 Å². The van der Waals surface area contributed by atoms with Gasteiger partial charge in [-0.3, -0.25) is 4.79 Å². The zero-order valence-corrected chi connectivity index (χ0v) is 14.7. The molecular weight excluding hydrogens is 310 g/mol. The lowest BCUT2D eigenvalue weighted by Crippen LogP contribution is -2.09. The molecule has 2 rings (SSSR count). The first kappa shape index (κ1) is 17.5. The highest BCUT2D eigenvalue weighted by Crippen LogP contribution is 2.24. The monoisotopic (exact) mass is 333 g/mol. The second kappa shape index (κ2) is 8.72. The second-order valence-corrected chi connectivity index (χ2v) is 6.23. The summed E-state index contributed by atoms with van der Waals surface area (Å²) >= 11 is 1.37. The van der Waals surface area contributed by atoms with Gasteiger partial charge >= 0.3 is 5.97 Å². The van der Waals surface area contributed by atoms with Crippen molar-refractivity contribution < 1.29 is 9.53 Å². The van der Waals surface area contributed by atoms with Gasteiger partial charge in [-0.25, -0.2) is 0 Å². The molecule has 0 bridgehead atoms. The predicted molar refractivity (Wildman–Crippen MR) is 92.5 cm³/mol. The maximum atomic E-state index is 11.7. The molecule has 124 valence electrons. The third-order valence-corrected chi connectivity index (χ3v) is 4.33. The minimum Gasteiger partial charge on any atom is -0.465 e. The van der Waals surface area contributed by atoms with Crippen molar-refractivity contribution in [1.29, 1.82) is 0 Å². The number of esters is 1. The second-order valence-electron chi connectivity index (χ2n) is 5.28. The molecule has 1 heterocycles. The Morgan fingerprint density at radius 2 is 2.13 bits per heavy atom. The summed E-state index contributed by atoms with van der Waals surface area (Å²) in [6.07, 6.45) is 1.92. The number of thioether (sulfide) groups is 1. The SMILES string of the molecule is CCCCOC(=O)CSc1nnc(-c2cccc(C)c2)n1CC. The lowest BCUT2D eigenvalue weighted by molar-refractivity contribution is -0.140. The summed E-state index contributed by atoms with van der Waals surface area (Å²) in [6.45, 7) is 7.41. The van der Waals surface area contributed by atoms with Gasteiger partial charge in [0.25, 0.3) is 0 Å². The van der Waals surface area contributed by atoms with Gasteiger partial charge in [0.2, 0.25) is 0 Å². The normalized spacial score (nSPS) is 10.7. The van der Waals surface area contributed by atoms with Crippen LogP contribution in [0.15, 0.2) is 29.4 Å². The van der Waals surface area contributed by atoms with Gasteiger partial charge in [0, 0.05) is 12.1 Å². The van der Waals surface area contributed by atoms with E-state index in [0.29, 0.717) is 6.61 Å². The van der Waals surface area contributed by atoms with Crippen LogP contribution >= 0.6 is 11.8 Å². The first-order valence-corrected chi connectivity index (χ1v) is 8.93. The van der Waals surface area contributed by atoms with Crippen molar-refractivity contribution in [2.75, 3.05) is 12.4 Å². The highest BCUT2D eigenvalue weighted by atomic mass is 32.2. The molecule has 1 aromatic carbocycles. The van der Waals surface area contributed by atoms with Crippen molar-refractivity contribution in [3.63, 3.8) is 0 Å². The van der Waals surface area contributed by atoms with Crippen LogP contribution in [0.25, 0.3) is 11.4 Å². The Morgan fingerprint density at radius 3 is 2.83 bits per heavy atom. The maximum absolute atomic E-state index is 11.7. The van der Waals surface area contributed by atoms with E-state index in [-0.39, 0.29) is 11.7 Å². The van der Waals surface area contributed by atoms with E-state index in [1.54, 1.807) is 0 Å². The Balaban J connectivity index is 2.05. The number of rotatable bonds is 8. The number of carbonyl (C=O) groups excluding carboxylic acids is 1. The number of unbranched alkanes of at least 4 members (excludes halogenated alkanes) is 1. The minimum absolute atomic E-state index is 0.203. The molecule has 0 saturated heterocycles. The van der Waals surface area contributed by atoms with E-state index < -0.39 is 0 Å². The Labute approximate surface area is 141 Å². The molecule has 0 atom stereocenters. The average molecular weight is 333 g/mol. The minimum atomic E-state index is -0.203. The van der Waals surface area contributed by atoms with Gasteiger partial charge in [-0.2, -0.15) is 0 Å². The maximum Gasteiger partial charge on any atom is 0.316 e. The van der Waals surface area contributed by atoms with E-state index in [4.69, 9.17) is 4.74 Å². The van der Waals surface area contributed by atoms with Crippen molar-refractivity contribution in [2.24, 2.45) is 0 Å². The summed E-state index contributed by atoms with van der Waals surface area (Å²) in [5.41, 5.74) is 2.22. The van der Waals surface area contributed by atoms with Gasteiger partial charge in [-0.15, -0.1) is 10.2 Å². The number of carbonyl (C=O) groups is 1. The molecule has 1 aromatic heterocycles. The van der Waals surface area contributed by atoms with Crippen molar-refractivity contribution >= 4 is 17.7 Å². The van der Waals surface area contributed by atoms with Crippen molar-refractivity contribution in [3.8, 4) is 11.4 Å². The van der Waals surface area contributed by atoms with Crippen LogP contribution < -0.4 is 0 Å². The quantitative estimate of drug-likeness (QED) is 0.419. The fourth-order valence-corrected chi connectivity index (χ4v) is 2.97. The molecule has 2 aromatic rings. The van der Waals surface area contributed by atoms with Crippen LogP contribution in [0.1, 0.15) is 32.3 Å². The van der Waals surface area contributed by atoms with Crippen molar-refractivity contribution in [2.45, 2.75) is 45.3 Å².